The van der Waals surface area contributed by atoms with Crippen molar-refractivity contribution >= 4 is 0 Å². The molecular formula is C20H39N. The maximum absolute atomic E-state index is 3.87. The average molecular weight is 294 g/mol. The van der Waals surface area contributed by atoms with Gasteiger partial charge < -0.3 is 5.32 Å². The Bertz CT molecular complexity index is 250. The van der Waals surface area contributed by atoms with Gasteiger partial charge in [0.05, 0.1) is 0 Å². The van der Waals surface area contributed by atoms with E-state index in [2.05, 4.69) is 12.2 Å². The van der Waals surface area contributed by atoms with Crippen molar-refractivity contribution < 1.29 is 0 Å². The third-order valence-corrected chi connectivity index (χ3v) is 6.00. The van der Waals surface area contributed by atoms with Gasteiger partial charge in [-0.2, -0.15) is 0 Å². The molecule has 0 heterocycles. The molecule has 2 aliphatic carbocycles. The predicted octanol–water partition coefficient (Wildman–Crippen LogP) is 6.08. The van der Waals surface area contributed by atoms with E-state index in [9.17, 15) is 0 Å². The monoisotopic (exact) mass is 293 g/mol. The third-order valence-electron chi connectivity index (χ3n) is 6.00. The Hall–Kier alpha value is -0.0400. The molecule has 124 valence electrons. The van der Waals surface area contributed by atoms with Crippen LogP contribution in [0.5, 0.6) is 0 Å². The van der Waals surface area contributed by atoms with Gasteiger partial charge in [0.15, 0.2) is 0 Å². The zero-order valence-corrected chi connectivity index (χ0v) is 14.5. The second kappa shape index (κ2) is 10.6. The summed E-state index contributed by atoms with van der Waals surface area (Å²) < 4.78 is 0. The number of hydrogen-bond acceptors (Lipinski definition) is 1. The van der Waals surface area contributed by atoms with E-state index in [1.54, 1.807) is 0 Å². The van der Waals surface area contributed by atoms with Crippen LogP contribution in [0.25, 0.3) is 0 Å². The van der Waals surface area contributed by atoms with Crippen molar-refractivity contribution in [3.8, 4) is 0 Å². The van der Waals surface area contributed by atoms with Crippen molar-refractivity contribution in [1.82, 2.24) is 5.32 Å². The molecular weight excluding hydrogens is 254 g/mol. The fourth-order valence-corrected chi connectivity index (χ4v) is 4.62. The van der Waals surface area contributed by atoms with Gasteiger partial charge in [-0.15, -0.1) is 0 Å². The lowest BCUT2D eigenvalue weighted by molar-refractivity contribution is 0.143. The van der Waals surface area contributed by atoms with Crippen LogP contribution in [-0.2, 0) is 0 Å². The largest absolute Gasteiger partial charge is 0.314 e. The van der Waals surface area contributed by atoms with Gasteiger partial charge >= 0.3 is 0 Å². The lowest BCUT2D eigenvalue weighted by Gasteiger charge is -2.39. The smallest absolute Gasteiger partial charge is 0.00699 e. The molecule has 3 unspecified atom stereocenters. The summed E-state index contributed by atoms with van der Waals surface area (Å²) in [5.74, 6) is 2.17. The number of fused-ring (bicyclic) bond motifs is 1. The molecule has 3 atom stereocenters. The normalized spacial score (nSPS) is 29.3. The summed E-state index contributed by atoms with van der Waals surface area (Å²) in [6, 6.07) is 0.855. The van der Waals surface area contributed by atoms with Crippen molar-refractivity contribution in [2.24, 2.45) is 11.8 Å². The summed E-state index contributed by atoms with van der Waals surface area (Å²) in [7, 11) is 0. The molecule has 2 aliphatic rings. The zero-order chi connectivity index (χ0) is 14.8. The molecule has 2 saturated carbocycles. The van der Waals surface area contributed by atoms with E-state index in [0.29, 0.717) is 0 Å². The Labute approximate surface area is 133 Å². The Balaban J connectivity index is 1.42. The number of hydrogen-bond donors (Lipinski definition) is 1. The first-order valence-electron chi connectivity index (χ1n) is 10.1. The highest BCUT2D eigenvalue weighted by molar-refractivity contribution is 4.86. The van der Waals surface area contributed by atoms with Gasteiger partial charge in [-0.3, -0.25) is 0 Å². The van der Waals surface area contributed by atoms with Crippen LogP contribution < -0.4 is 5.32 Å². The van der Waals surface area contributed by atoms with E-state index in [1.807, 2.05) is 0 Å². The first kappa shape index (κ1) is 17.3. The van der Waals surface area contributed by atoms with Crippen LogP contribution in [-0.4, -0.2) is 12.6 Å². The molecule has 0 aromatic carbocycles. The summed E-state index contributed by atoms with van der Waals surface area (Å²) in [6.07, 6.45) is 22.0. The maximum atomic E-state index is 3.87. The molecule has 0 radical (unpaired) electrons. The molecule has 1 nitrogen and oxygen atoms in total. The standard InChI is InChI=1S/C20H39N/c1-2-3-4-5-6-7-8-11-16-21-20-15-14-18-12-9-10-13-19(18)17-20/h18-21H,2-17H2,1H3. The van der Waals surface area contributed by atoms with Crippen molar-refractivity contribution in [3.63, 3.8) is 0 Å². The molecule has 2 rings (SSSR count). The van der Waals surface area contributed by atoms with Crippen LogP contribution in [0.4, 0.5) is 0 Å². The summed E-state index contributed by atoms with van der Waals surface area (Å²) >= 11 is 0. The van der Waals surface area contributed by atoms with Gasteiger partial charge in [0.2, 0.25) is 0 Å². The fourth-order valence-electron chi connectivity index (χ4n) is 4.62. The molecule has 0 saturated heterocycles. The molecule has 0 aliphatic heterocycles. The minimum atomic E-state index is 0.855. The number of rotatable bonds is 10. The quantitative estimate of drug-likeness (QED) is 0.482. The lowest BCUT2D eigenvalue weighted by atomic mass is 9.69. The van der Waals surface area contributed by atoms with E-state index < -0.39 is 0 Å². The van der Waals surface area contributed by atoms with E-state index in [0.717, 1.165) is 17.9 Å². The summed E-state index contributed by atoms with van der Waals surface area (Å²) in [5.41, 5.74) is 0. The highest BCUT2D eigenvalue weighted by atomic mass is 14.9. The zero-order valence-electron chi connectivity index (χ0n) is 14.5. The summed E-state index contributed by atoms with van der Waals surface area (Å²) in [5, 5.41) is 3.87. The van der Waals surface area contributed by atoms with Crippen molar-refractivity contribution in [3.05, 3.63) is 0 Å². The van der Waals surface area contributed by atoms with Gasteiger partial charge in [0.1, 0.15) is 0 Å². The van der Waals surface area contributed by atoms with Gasteiger partial charge in [0.25, 0.3) is 0 Å². The average Bonchev–Trinajstić information content (AvgIpc) is 2.53. The second-order valence-corrected chi connectivity index (χ2v) is 7.74. The maximum Gasteiger partial charge on any atom is 0.00699 e. The minimum Gasteiger partial charge on any atom is -0.314 e. The van der Waals surface area contributed by atoms with E-state index >= 15 is 0 Å². The molecule has 0 amide bonds. The SMILES string of the molecule is CCCCCCCCCCNC1CCC2CCCCC2C1. The van der Waals surface area contributed by atoms with Crippen LogP contribution in [0.2, 0.25) is 0 Å². The summed E-state index contributed by atoms with van der Waals surface area (Å²) in [4.78, 5) is 0. The highest BCUT2D eigenvalue weighted by Crippen LogP contribution is 2.40. The highest BCUT2D eigenvalue weighted by Gasteiger charge is 2.31. The van der Waals surface area contributed by atoms with E-state index in [-0.39, 0.29) is 0 Å². The first-order chi connectivity index (χ1) is 10.4. The van der Waals surface area contributed by atoms with Crippen LogP contribution in [0.15, 0.2) is 0 Å². The van der Waals surface area contributed by atoms with Crippen molar-refractivity contribution in [2.45, 2.75) is 109 Å². The molecule has 1 heteroatoms. The number of nitrogens with one attached hydrogen (secondary N) is 1. The number of unbranched alkanes of at least 4 members (excludes halogenated alkanes) is 7. The van der Waals surface area contributed by atoms with Crippen molar-refractivity contribution in [1.29, 1.82) is 0 Å². The molecule has 0 bridgehead atoms. The van der Waals surface area contributed by atoms with Crippen LogP contribution in [0.3, 0.4) is 0 Å². The molecule has 2 fully saturated rings. The van der Waals surface area contributed by atoms with Crippen LogP contribution in [0, 0.1) is 11.8 Å². The van der Waals surface area contributed by atoms with Gasteiger partial charge in [-0.25, -0.2) is 0 Å². The third kappa shape index (κ3) is 6.72. The lowest BCUT2D eigenvalue weighted by Crippen LogP contribution is -2.39. The fraction of sp³-hybridized carbons (Fsp3) is 1.00. The van der Waals surface area contributed by atoms with E-state index in [4.69, 9.17) is 0 Å². The van der Waals surface area contributed by atoms with Gasteiger partial charge in [-0.05, 0) is 44.1 Å². The minimum absolute atomic E-state index is 0.855. The topological polar surface area (TPSA) is 12.0 Å². The Morgan fingerprint density at radius 1 is 0.714 bits per heavy atom. The van der Waals surface area contributed by atoms with Crippen LogP contribution in [0.1, 0.15) is 103 Å². The molecule has 0 aromatic heterocycles. The summed E-state index contributed by atoms with van der Waals surface area (Å²) in [6.45, 7) is 3.57. The van der Waals surface area contributed by atoms with Crippen molar-refractivity contribution in [2.75, 3.05) is 6.54 Å². The first-order valence-corrected chi connectivity index (χ1v) is 10.1. The molecule has 1 N–H and O–H groups in total. The van der Waals surface area contributed by atoms with E-state index in [1.165, 1.54) is 103 Å². The van der Waals surface area contributed by atoms with Gasteiger partial charge in [-0.1, -0.05) is 77.6 Å². The molecule has 0 spiro atoms. The van der Waals surface area contributed by atoms with Crippen LogP contribution >= 0.6 is 0 Å². The second-order valence-electron chi connectivity index (χ2n) is 7.74. The predicted molar refractivity (Wildman–Crippen MR) is 93.7 cm³/mol. The van der Waals surface area contributed by atoms with Gasteiger partial charge in [0, 0.05) is 6.04 Å². The molecule has 21 heavy (non-hydrogen) atoms. The molecule has 0 aromatic rings. The Morgan fingerprint density at radius 2 is 1.38 bits per heavy atom. The Kier molecular flexibility index (Phi) is 8.78. The Morgan fingerprint density at radius 3 is 2.14 bits per heavy atom.